The van der Waals surface area contributed by atoms with Crippen LogP contribution in [0, 0.1) is 0 Å². The number of aromatic nitrogens is 5. The standard InChI is InChI=1S/C19H16Cl2N6O/c1-2-27-10-25-15(26-27)8-28-14-7-6-12(11-4-3-5-13(20)17(11)21)18-16(14)19(22)24-9-23-18/h3-7,9-10H,2,8H2,1H3,(H2,22,23,24). The average Bonchev–Trinajstić information content (AvgIpc) is 3.17. The Bertz CT molecular complexity index is 1160. The van der Waals surface area contributed by atoms with E-state index in [1.165, 1.54) is 6.33 Å². The third-order valence-electron chi connectivity index (χ3n) is 4.29. The van der Waals surface area contributed by atoms with Gasteiger partial charge in [-0.3, -0.25) is 4.68 Å². The molecule has 0 fully saturated rings. The Labute approximate surface area is 171 Å². The van der Waals surface area contributed by atoms with Gasteiger partial charge in [0.1, 0.15) is 30.8 Å². The van der Waals surface area contributed by atoms with Crippen LogP contribution in [0.1, 0.15) is 12.7 Å². The number of fused-ring (bicyclic) bond motifs is 1. The first-order valence-electron chi connectivity index (χ1n) is 8.57. The minimum Gasteiger partial charge on any atom is -0.485 e. The number of hydrogen-bond donors (Lipinski definition) is 1. The largest absolute Gasteiger partial charge is 0.485 e. The summed E-state index contributed by atoms with van der Waals surface area (Å²) in [5.74, 6) is 1.43. The molecule has 142 valence electrons. The summed E-state index contributed by atoms with van der Waals surface area (Å²) < 4.78 is 7.67. The van der Waals surface area contributed by atoms with Gasteiger partial charge in [-0.05, 0) is 25.1 Å². The van der Waals surface area contributed by atoms with Gasteiger partial charge in [-0.15, -0.1) is 0 Å². The molecule has 0 aliphatic carbocycles. The van der Waals surface area contributed by atoms with Gasteiger partial charge in [0.25, 0.3) is 0 Å². The smallest absolute Gasteiger partial charge is 0.188 e. The second-order valence-electron chi connectivity index (χ2n) is 6.00. The van der Waals surface area contributed by atoms with Gasteiger partial charge in [0.05, 0.1) is 20.9 Å². The molecular formula is C19H16Cl2N6O. The lowest BCUT2D eigenvalue weighted by Crippen LogP contribution is -2.03. The van der Waals surface area contributed by atoms with E-state index in [1.54, 1.807) is 17.1 Å². The lowest BCUT2D eigenvalue weighted by molar-refractivity contribution is 0.299. The molecule has 0 aliphatic rings. The first-order chi connectivity index (χ1) is 13.6. The first-order valence-corrected chi connectivity index (χ1v) is 9.32. The minimum atomic E-state index is 0.202. The highest BCUT2D eigenvalue weighted by molar-refractivity contribution is 6.44. The zero-order chi connectivity index (χ0) is 19.7. The van der Waals surface area contributed by atoms with Crippen molar-refractivity contribution in [1.82, 2.24) is 24.7 Å². The molecule has 0 unspecified atom stereocenters. The molecule has 0 radical (unpaired) electrons. The number of benzene rings is 2. The summed E-state index contributed by atoms with van der Waals surface area (Å²) >= 11 is 12.6. The predicted molar refractivity (Wildman–Crippen MR) is 109 cm³/mol. The maximum Gasteiger partial charge on any atom is 0.188 e. The molecule has 0 saturated carbocycles. The first kappa shape index (κ1) is 18.5. The molecule has 0 bridgehead atoms. The van der Waals surface area contributed by atoms with Gasteiger partial charge in [-0.1, -0.05) is 35.3 Å². The molecule has 0 saturated heterocycles. The van der Waals surface area contributed by atoms with Crippen LogP contribution in [-0.4, -0.2) is 24.7 Å². The van der Waals surface area contributed by atoms with Crippen LogP contribution in [0.3, 0.4) is 0 Å². The van der Waals surface area contributed by atoms with Crippen molar-refractivity contribution < 1.29 is 4.74 Å². The van der Waals surface area contributed by atoms with E-state index >= 15 is 0 Å². The summed E-state index contributed by atoms with van der Waals surface area (Å²) in [5.41, 5.74) is 8.31. The SMILES string of the molecule is CCn1cnc(COc2ccc(-c3cccc(Cl)c3Cl)c3ncnc(N)c23)n1. The third kappa shape index (κ3) is 3.34. The molecule has 2 aromatic heterocycles. The van der Waals surface area contributed by atoms with Crippen molar-refractivity contribution in [2.24, 2.45) is 0 Å². The van der Waals surface area contributed by atoms with Gasteiger partial charge in [0, 0.05) is 17.7 Å². The van der Waals surface area contributed by atoms with Crippen LogP contribution in [0.25, 0.3) is 22.0 Å². The van der Waals surface area contributed by atoms with Crippen molar-refractivity contribution in [2.75, 3.05) is 5.73 Å². The predicted octanol–water partition coefficient (Wildman–Crippen LogP) is 4.38. The van der Waals surface area contributed by atoms with Crippen molar-refractivity contribution in [3.05, 3.63) is 58.9 Å². The van der Waals surface area contributed by atoms with Crippen LogP contribution < -0.4 is 10.5 Å². The van der Waals surface area contributed by atoms with Gasteiger partial charge >= 0.3 is 0 Å². The number of nitrogen functional groups attached to an aromatic ring is 1. The van der Waals surface area contributed by atoms with Crippen molar-refractivity contribution in [2.45, 2.75) is 20.1 Å². The Kier molecular flexibility index (Phi) is 5.02. The molecule has 0 spiro atoms. The fraction of sp³-hybridized carbons (Fsp3) is 0.158. The van der Waals surface area contributed by atoms with Crippen LogP contribution >= 0.6 is 23.2 Å². The highest BCUT2D eigenvalue weighted by Crippen LogP contribution is 2.40. The lowest BCUT2D eigenvalue weighted by atomic mass is 10.0. The zero-order valence-electron chi connectivity index (χ0n) is 14.9. The molecule has 0 amide bonds. The van der Waals surface area contributed by atoms with Crippen LogP contribution in [0.4, 0.5) is 5.82 Å². The number of aryl methyl sites for hydroxylation is 1. The monoisotopic (exact) mass is 414 g/mol. The normalized spacial score (nSPS) is 11.1. The Morgan fingerprint density at radius 2 is 1.93 bits per heavy atom. The fourth-order valence-corrected chi connectivity index (χ4v) is 3.31. The molecule has 0 aliphatic heterocycles. The van der Waals surface area contributed by atoms with Gasteiger partial charge in [-0.2, -0.15) is 5.10 Å². The van der Waals surface area contributed by atoms with Gasteiger partial charge in [0.2, 0.25) is 0 Å². The Balaban J connectivity index is 1.78. The van der Waals surface area contributed by atoms with E-state index in [4.69, 9.17) is 33.7 Å². The highest BCUT2D eigenvalue weighted by Gasteiger charge is 2.16. The molecule has 4 rings (SSSR count). The van der Waals surface area contributed by atoms with Gasteiger partial charge in [-0.25, -0.2) is 15.0 Å². The molecule has 2 N–H and O–H groups in total. The quantitative estimate of drug-likeness (QED) is 0.520. The molecule has 2 aromatic carbocycles. The van der Waals surface area contributed by atoms with E-state index in [9.17, 15) is 0 Å². The van der Waals surface area contributed by atoms with Crippen molar-refractivity contribution in [3.63, 3.8) is 0 Å². The molecule has 4 aromatic rings. The Hall–Kier alpha value is -2.90. The molecule has 9 heteroatoms. The molecule has 0 atom stereocenters. The molecule has 7 nitrogen and oxygen atoms in total. The topological polar surface area (TPSA) is 91.7 Å². The van der Waals surface area contributed by atoms with E-state index in [0.717, 1.165) is 17.7 Å². The summed E-state index contributed by atoms with van der Waals surface area (Å²) in [6, 6.07) is 9.13. The number of anilines is 1. The Morgan fingerprint density at radius 3 is 2.71 bits per heavy atom. The number of ether oxygens (including phenoxy) is 1. The van der Waals surface area contributed by atoms with Crippen LogP contribution in [0.5, 0.6) is 5.75 Å². The molecule has 28 heavy (non-hydrogen) atoms. The summed E-state index contributed by atoms with van der Waals surface area (Å²) in [7, 11) is 0. The van der Waals surface area contributed by atoms with E-state index in [1.807, 2.05) is 31.2 Å². The summed E-state index contributed by atoms with van der Waals surface area (Å²) in [5, 5.41) is 5.84. The van der Waals surface area contributed by atoms with E-state index in [0.29, 0.717) is 38.3 Å². The van der Waals surface area contributed by atoms with Crippen molar-refractivity contribution in [1.29, 1.82) is 0 Å². The van der Waals surface area contributed by atoms with E-state index in [-0.39, 0.29) is 6.61 Å². The second kappa shape index (κ2) is 7.61. The maximum atomic E-state index is 6.41. The van der Waals surface area contributed by atoms with Gasteiger partial charge < -0.3 is 10.5 Å². The summed E-state index contributed by atoms with van der Waals surface area (Å²) in [6.45, 7) is 2.93. The van der Waals surface area contributed by atoms with E-state index < -0.39 is 0 Å². The number of hydrogen-bond acceptors (Lipinski definition) is 6. The highest BCUT2D eigenvalue weighted by atomic mass is 35.5. The van der Waals surface area contributed by atoms with Gasteiger partial charge in [0.15, 0.2) is 5.82 Å². The number of nitrogens with two attached hydrogens (primary N) is 1. The average molecular weight is 415 g/mol. The van der Waals surface area contributed by atoms with Crippen LogP contribution in [0.15, 0.2) is 43.0 Å². The molecule has 2 heterocycles. The zero-order valence-corrected chi connectivity index (χ0v) is 16.4. The maximum absolute atomic E-state index is 6.41. The second-order valence-corrected chi connectivity index (χ2v) is 6.79. The third-order valence-corrected chi connectivity index (χ3v) is 5.10. The minimum absolute atomic E-state index is 0.202. The number of nitrogens with zero attached hydrogens (tertiary/aromatic N) is 5. The summed E-state index contributed by atoms with van der Waals surface area (Å²) in [6.07, 6.45) is 3.08. The number of halogens is 2. The molecular weight excluding hydrogens is 399 g/mol. The summed E-state index contributed by atoms with van der Waals surface area (Å²) in [4.78, 5) is 12.7. The number of rotatable bonds is 5. The van der Waals surface area contributed by atoms with Crippen LogP contribution in [0.2, 0.25) is 10.0 Å². The lowest BCUT2D eigenvalue weighted by Gasteiger charge is -2.13. The van der Waals surface area contributed by atoms with Crippen molar-refractivity contribution in [3.8, 4) is 16.9 Å². The van der Waals surface area contributed by atoms with Crippen molar-refractivity contribution >= 4 is 39.9 Å². The Morgan fingerprint density at radius 1 is 1.07 bits per heavy atom. The van der Waals surface area contributed by atoms with Crippen LogP contribution in [-0.2, 0) is 13.2 Å². The van der Waals surface area contributed by atoms with E-state index in [2.05, 4.69) is 20.1 Å². The fourth-order valence-electron chi connectivity index (χ4n) is 2.91.